The van der Waals surface area contributed by atoms with Crippen molar-refractivity contribution in [1.29, 1.82) is 0 Å². The third-order valence-electron chi connectivity index (χ3n) is 4.52. The van der Waals surface area contributed by atoms with E-state index in [1.807, 2.05) is 6.07 Å². The topological polar surface area (TPSA) is 38.5 Å². The van der Waals surface area contributed by atoms with Crippen LogP contribution >= 0.6 is 0 Å². The second-order valence-electron chi connectivity index (χ2n) is 5.74. The summed E-state index contributed by atoms with van der Waals surface area (Å²) in [5.41, 5.74) is 9.69. The lowest BCUT2D eigenvalue weighted by atomic mass is 10.1. The number of aryl methyl sites for hydroxylation is 1. The van der Waals surface area contributed by atoms with E-state index in [-0.39, 0.29) is 0 Å². The lowest BCUT2D eigenvalue weighted by Gasteiger charge is -2.30. The van der Waals surface area contributed by atoms with Crippen LogP contribution in [0.1, 0.15) is 43.4 Å². The minimum atomic E-state index is 0.442. The number of nitrogens with two attached hydrogens (primary N) is 1. The number of hydrogen-bond acceptors (Lipinski definition) is 3. The van der Waals surface area contributed by atoms with Crippen LogP contribution in [-0.2, 0) is 11.2 Å². The Hall–Kier alpha value is -1.06. The number of fused-ring (bicyclic) bond motifs is 1. The molecule has 3 nitrogen and oxygen atoms in total. The second-order valence-corrected chi connectivity index (χ2v) is 5.74. The van der Waals surface area contributed by atoms with E-state index in [1.54, 1.807) is 0 Å². The van der Waals surface area contributed by atoms with Gasteiger partial charge in [0, 0.05) is 24.9 Å². The Morgan fingerprint density at radius 1 is 1.37 bits per heavy atom. The van der Waals surface area contributed by atoms with Gasteiger partial charge in [0.2, 0.25) is 0 Å². The Labute approximate surface area is 115 Å². The quantitative estimate of drug-likeness (QED) is 0.846. The molecule has 0 saturated carbocycles. The zero-order valence-electron chi connectivity index (χ0n) is 11.8. The van der Waals surface area contributed by atoms with Crippen molar-refractivity contribution in [3.05, 3.63) is 29.3 Å². The van der Waals surface area contributed by atoms with Gasteiger partial charge in [-0.25, -0.2) is 0 Å². The standard InChI is InChI=1S/C16H24N2O/c1-2-18(11-14-4-3-9-19-14)16-8-5-12-10-13(17)6-7-15(12)16/h6-7,10,14,16H,2-5,8-9,11,17H2,1H3. The highest BCUT2D eigenvalue weighted by atomic mass is 16.5. The highest BCUT2D eigenvalue weighted by Crippen LogP contribution is 2.37. The molecule has 1 aromatic carbocycles. The summed E-state index contributed by atoms with van der Waals surface area (Å²) in [6.45, 7) is 5.36. The smallest absolute Gasteiger partial charge is 0.0703 e. The number of hydrogen-bond donors (Lipinski definition) is 1. The molecule has 3 heteroatoms. The molecule has 3 rings (SSSR count). The van der Waals surface area contributed by atoms with Crippen molar-refractivity contribution in [2.45, 2.75) is 44.8 Å². The van der Waals surface area contributed by atoms with Gasteiger partial charge in [0.25, 0.3) is 0 Å². The first kappa shape index (κ1) is 12.9. The Kier molecular flexibility index (Phi) is 3.76. The summed E-state index contributed by atoms with van der Waals surface area (Å²) in [4.78, 5) is 2.58. The molecule has 104 valence electrons. The van der Waals surface area contributed by atoms with Gasteiger partial charge in [-0.3, -0.25) is 4.90 Å². The number of nitrogens with zero attached hydrogens (tertiary/aromatic N) is 1. The molecule has 2 atom stereocenters. The lowest BCUT2D eigenvalue weighted by molar-refractivity contribution is 0.0590. The van der Waals surface area contributed by atoms with E-state index in [0.717, 1.165) is 31.8 Å². The van der Waals surface area contributed by atoms with Crippen molar-refractivity contribution in [2.24, 2.45) is 0 Å². The minimum Gasteiger partial charge on any atom is -0.399 e. The lowest BCUT2D eigenvalue weighted by Crippen LogP contribution is -2.34. The van der Waals surface area contributed by atoms with Crippen molar-refractivity contribution < 1.29 is 4.74 Å². The van der Waals surface area contributed by atoms with Crippen LogP contribution in [0.3, 0.4) is 0 Å². The van der Waals surface area contributed by atoms with Gasteiger partial charge >= 0.3 is 0 Å². The first-order valence-electron chi connectivity index (χ1n) is 7.52. The fourth-order valence-corrected chi connectivity index (χ4v) is 3.52. The molecule has 1 saturated heterocycles. The fraction of sp³-hybridized carbons (Fsp3) is 0.625. The van der Waals surface area contributed by atoms with Crippen molar-refractivity contribution in [1.82, 2.24) is 4.90 Å². The maximum absolute atomic E-state index is 5.88. The molecule has 1 fully saturated rings. The molecule has 1 aliphatic carbocycles. The van der Waals surface area contributed by atoms with Gasteiger partial charge in [-0.15, -0.1) is 0 Å². The van der Waals surface area contributed by atoms with Gasteiger partial charge in [-0.05, 0) is 55.5 Å². The van der Waals surface area contributed by atoms with Crippen LogP contribution in [0, 0.1) is 0 Å². The van der Waals surface area contributed by atoms with Crippen LogP contribution in [0.2, 0.25) is 0 Å². The highest BCUT2D eigenvalue weighted by molar-refractivity contribution is 5.47. The van der Waals surface area contributed by atoms with Crippen LogP contribution in [0.25, 0.3) is 0 Å². The Morgan fingerprint density at radius 3 is 3.00 bits per heavy atom. The molecule has 0 radical (unpaired) electrons. The number of benzene rings is 1. The Balaban J connectivity index is 1.74. The third kappa shape index (κ3) is 2.63. The average Bonchev–Trinajstić information content (AvgIpc) is 3.04. The zero-order valence-corrected chi connectivity index (χ0v) is 11.8. The molecule has 2 N–H and O–H groups in total. The SMILES string of the molecule is CCN(CC1CCCO1)C1CCc2cc(N)ccc21. The number of nitrogen functional groups attached to an aromatic ring is 1. The van der Waals surface area contributed by atoms with E-state index in [2.05, 4.69) is 24.0 Å². The molecular weight excluding hydrogens is 236 g/mol. The number of ether oxygens (including phenoxy) is 1. The largest absolute Gasteiger partial charge is 0.399 e. The van der Waals surface area contributed by atoms with Gasteiger partial charge in [-0.1, -0.05) is 13.0 Å². The molecule has 0 spiro atoms. The molecule has 0 amide bonds. The fourth-order valence-electron chi connectivity index (χ4n) is 3.52. The highest BCUT2D eigenvalue weighted by Gasteiger charge is 2.29. The summed E-state index contributed by atoms with van der Waals surface area (Å²) in [5, 5.41) is 0. The maximum Gasteiger partial charge on any atom is 0.0703 e. The molecular formula is C16H24N2O. The second kappa shape index (κ2) is 5.51. The van der Waals surface area contributed by atoms with Crippen LogP contribution < -0.4 is 5.73 Å². The van der Waals surface area contributed by atoms with Gasteiger partial charge in [-0.2, -0.15) is 0 Å². The van der Waals surface area contributed by atoms with Crippen LogP contribution in [-0.4, -0.2) is 30.7 Å². The molecule has 2 unspecified atom stereocenters. The van der Waals surface area contributed by atoms with Crippen molar-refractivity contribution in [2.75, 3.05) is 25.4 Å². The number of likely N-dealkylation sites (N-methyl/N-ethyl adjacent to an activating group) is 1. The van der Waals surface area contributed by atoms with Gasteiger partial charge in [0.15, 0.2) is 0 Å². The summed E-state index contributed by atoms with van der Waals surface area (Å²) in [5.74, 6) is 0. The molecule has 0 bridgehead atoms. The summed E-state index contributed by atoms with van der Waals surface area (Å²) in [7, 11) is 0. The molecule has 1 aromatic rings. The Morgan fingerprint density at radius 2 is 2.26 bits per heavy atom. The van der Waals surface area contributed by atoms with Crippen LogP contribution in [0.15, 0.2) is 18.2 Å². The van der Waals surface area contributed by atoms with E-state index < -0.39 is 0 Å². The van der Waals surface area contributed by atoms with Crippen LogP contribution in [0.5, 0.6) is 0 Å². The molecule has 2 aliphatic rings. The number of rotatable bonds is 4. The summed E-state index contributed by atoms with van der Waals surface area (Å²) in [6.07, 6.45) is 5.27. The van der Waals surface area contributed by atoms with Gasteiger partial charge < -0.3 is 10.5 Å². The monoisotopic (exact) mass is 260 g/mol. The molecule has 1 aliphatic heterocycles. The summed E-state index contributed by atoms with van der Waals surface area (Å²) in [6, 6.07) is 6.97. The first-order chi connectivity index (χ1) is 9.28. The molecule has 0 aromatic heterocycles. The predicted molar refractivity (Wildman–Crippen MR) is 78.1 cm³/mol. The summed E-state index contributed by atoms with van der Waals surface area (Å²) >= 11 is 0. The zero-order chi connectivity index (χ0) is 13.2. The van der Waals surface area contributed by atoms with Crippen LogP contribution in [0.4, 0.5) is 5.69 Å². The third-order valence-corrected chi connectivity index (χ3v) is 4.52. The predicted octanol–water partition coefficient (Wildman–Crippen LogP) is 2.76. The molecule has 1 heterocycles. The van der Waals surface area contributed by atoms with E-state index in [0.29, 0.717) is 12.1 Å². The number of anilines is 1. The van der Waals surface area contributed by atoms with E-state index in [4.69, 9.17) is 10.5 Å². The van der Waals surface area contributed by atoms with Gasteiger partial charge in [0.1, 0.15) is 0 Å². The van der Waals surface area contributed by atoms with Crippen molar-refractivity contribution in [3.63, 3.8) is 0 Å². The average molecular weight is 260 g/mol. The first-order valence-corrected chi connectivity index (χ1v) is 7.52. The van der Waals surface area contributed by atoms with E-state index >= 15 is 0 Å². The van der Waals surface area contributed by atoms with E-state index in [9.17, 15) is 0 Å². The Bertz CT molecular complexity index is 440. The summed E-state index contributed by atoms with van der Waals surface area (Å²) < 4.78 is 5.79. The van der Waals surface area contributed by atoms with Crippen molar-refractivity contribution in [3.8, 4) is 0 Å². The van der Waals surface area contributed by atoms with E-state index in [1.165, 1.54) is 30.4 Å². The normalized spacial score (nSPS) is 26.0. The maximum atomic E-state index is 5.88. The molecule has 19 heavy (non-hydrogen) atoms. The van der Waals surface area contributed by atoms with Crippen molar-refractivity contribution >= 4 is 5.69 Å². The minimum absolute atomic E-state index is 0.442. The van der Waals surface area contributed by atoms with Gasteiger partial charge in [0.05, 0.1) is 6.10 Å².